The van der Waals surface area contributed by atoms with Crippen molar-refractivity contribution in [1.29, 1.82) is 0 Å². The van der Waals surface area contributed by atoms with Crippen molar-refractivity contribution >= 4 is 13.8 Å². The van der Waals surface area contributed by atoms with Crippen molar-refractivity contribution in [2.24, 2.45) is 0 Å². The third-order valence-corrected chi connectivity index (χ3v) is 10.4. The van der Waals surface area contributed by atoms with Crippen LogP contribution >= 0.6 is 7.82 Å². The molecule has 62 heavy (non-hydrogen) atoms. The van der Waals surface area contributed by atoms with Crippen molar-refractivity contribution in [3.63, 3.8) is 0 Å². The van der Waals surface area contributed by atoms with Crippen molar-refractivity contribution in [2.45, 2.75) is 180 Å². The highest BCUT2D eigenvalue weighted by Crippen LogP contribution is 2.43. The zero-order valence-corrected chi connectivity index (χ0v) is 39.7. The predicted octanol–water partition coefficient (Wildman–Crippen LogP) is 13.8. The largest absolute Gasteiger partial charge is 0.472 e. The van der Waals surface area contributed by atoms with Crippen LogP contribution in [-0.4, -0.2) is 66.3 Å². The van der Waals surface area contributed by atoms with Gasteiger partial charge >= 0.3 is 13.8 Å². The number of aliphatic hydroxyl groups is 2. The molecule has 0 radical (unpaired) electrons. The third-order valence-electron chi connectivity index (χ3n) is 9.44. The molecule has 3 N–H and O–H groups in total. The second-order valence-electron chi connectivity index (χ2n) is 15.4. The number of phosphoric ester groups is 1. The fourth-order valence-corrected chi connectivity index (χ4v) is 6.62. The van der Waals surface area contributed by atoms with E-state index in [-0.39, 0.29) is 13.0 Å². The number of esters is 1. The number of allylic oxidation sites excluding steroid dienone is 18. The Labute approximate surface area is 378 Å². The smallest absolute Gasteiger partial charge is 0.457 e. The summed E-state index contributed by atoms with van der Waals surface area (Å²) in [7, 11) is -4.54. The van der Waals surface area contributed by atoms with Crippen LogP contribution in [0, 0.1) is 0 Å². The molecule has 0 rings (SSSR count). The molecule has 0 amide bonds. The molecular formula is C52H87O9P. The van der Waals surface area contributed by atoms with Gasteiger partial charge in [-0.25, -0.2) is 4.57 Å². The second kappa shape index (κ2) is 47.6. The lowest BCUT2D eigenvalue weighted by atomic mass is 10.1. The molecule has 9 nitrogen and oxygen atoms in total. The number of hydrogen-bond acceptors (Lipinski definition) is 8. The van der Waals surface area contributed by atoms with Crippen LogP contribution in [0.15, 0.2) is 109 Å². The van der Waals surface area contributed by atoms with E-state index in [9.17, 15) is 19.4 Å². The summed E-state index contributed by atoms with van der Waals surface area (Å²) in [5, 5.41) is 18.4. The minimum Gasteiger partial charge on any atom is -0.457 e. The van der Waals surface area contributed by atoms with Crippen molar-refractivity contribution in [1.82, 2.24) is 0 Å². The summed E-state index contributed by atoms with van der Waals surface area (Å²) in [5.41, 5.74) is 0. The lowest BCUT2D eigenvalue weighted by Crippen LogP contribution is -2.29. The fraction of sp³-hybridized carbons (Fsp3) is 0.635. The molecule has 0 saturated carbocycles. The Morgan fingerprint density at radius 1 is 0.516 bits per heavy atom. The van der Waals surface area contributed by atoms with E-state index in [1.165, 1.54) is 44.9 Å². The molecule has 0 heterocycles. The van der Waals surface area contributed by atoms with Gasteiger partial charge in [0.15, 0.2) is 0 Å². The molecule has 3 atom stereocenters. The summed E-state index contributed by atoms with van der Waals surface area (Å²) in [5.74, 6) is -0.411. The second-order valence-corrected chi connectivity index (χ2v) is 16.8. The molecular weight excluding hydrogens is 800 g/mol. The highest BCUT2D eigenvalue weighted by atomic mass is 31.2. The first-order chi connectivity index (χ1) is 30.3. The minimum atomic E-state index is -4.54. The van der Waals surface area contributed by atoms with E-state index in [1.54, 1.807) is 0 Å². The van der Waals surface area contributed by atoms with Crippen LogP contribution in [0.3, 0.4) is 0 Å². The van der Waals surface area contributed by atoms with Gasteiger partial charge in [0, 0.05) is 13.0 Å². The van der Waals surface area contributed by atoms with Gasteiger partial charge in [-0.1, -0.05) is 168 Å². The summed E-state index contributed by atoms with van der Waals surface area (Å²) in [6.07, 6.45) is 61.9. The Bertz CT molecular complexity index is 1330. The average Bonchev–Trinajstić information content (AvgIpc) is 3.26. The normalized spacial score (nSPS) is 14.9. The summed E-state index contributed by atoms with van der Waals surface area (Å²) in [6.45, 7) is 3.23. The quantitative estimate of drug-likeness (QED) is 0.0237. The summed E-state index contributed by atoms with van der Waals surface area (Å²) in [6, 6.07) is 0. The summed E-state index contributed by atoms with van der Waals surface area (Å²) >= 11 is 0. The monoisotopic (exact) mass is 887 g/mol. The highest BCUT2D eigenvalue weighted by molar-refractivity contribution is 7.47. The number of carbonyl (C=O) groups excluding carboxylic acids is 1. The topological polar surface area (TPSA) is 132 Å². The molecule has 10 heteroatoms. The van der Waals surface area contributed by atoms with E-state index in [4.69, 9.17) is 23.6 Å². The Balaban J connectivity index is 4.26. The maximum atomic E-state index is 12.6. The number of carbonyl (C=O) groups is 1. The van der Waals surface area contributed by atoms with E-state index >= 15 is 0 Å². The predicted molar refractivity (Wildman–Crippen MR) is 260 cm³/mol. The highest BCUT2D eigenvalue weighted by Gasteiger charge is 2.26. The van der Waals surface area contributed by atoms with Crippen molar-refractivity contribution in [3.8, 4) is 0 Å². The van der Waals surface area contributed by atoms with Gasteiger partial charge in [-0.05, 0) is 103 Å². The zero-order valence-electron chi connectivity index (χ0n) is 38.8. The van der Waals surface area contributed by atoms with Gasteiger partial charge < -0.3 is 24.6 Å². The van der Waals surface area contributed by atoms with Gasteiger partial charge in [-0.15, -0.1) is 0 Å². The number of unbranched alkanes of at least 4 members (excludes halogenated alkanes) is 12. The standard InChI is InChI=1S/C52H87O9P/c1-3-5-7-9-11-13-15-17-19-21-22-23-24-25-26-27-29-31-33-35-37-39-41-43-45-58-48-51(49-60-62(56,57)59-47-50(54)46-53)61-52(55)44-42-40-38-36-34-32-30-28-20-18-16-14-12-10-8-6-4-2/h5,7,11-14,17-20,22-23,25-26,29,31,35,37,50-51,53-54H,3-4,6,8-10,15-16,21,24,27-28,30,32-34,36,38-49H2,1-2H3,(H,56,57)/b7-5-,13-11-,14-12-,19-17-,20-18-,23-22-,26-25-,31-29-,37-35-. The van der Waals surface area contributed by atoms with Crippen LogP contribution in [-0.2, 0) is 27.9 Å². The molecule has 0 fully saturated rings. The van der Waals surface area contributed by atoms with E-state index < -0.39 is 45.8 Å². The molecule has 3 unspecified atom stereocenters. The number of aliphatic hydroxyl groups excluding tert-OH is 2. The Morgan fingerprint density at radius 3 is 1.39 bits per heavy atom. The van der Waals surface area contributed by atoms with Gasteiger partial charge in [0.05, 0.1) is 26.4 Å². The number of ether oxygens (including phenoxy) is 2. The minimum absolute atomic E-state index is 0.00840. The third kappa shape index (κ3) is 46.6. The summed E-state index contributed by atoms with van der Waals surface area (Å²) < 4.78 is 33.4. The first kappa shape index (κ1) is 59.1. The molecule has 354 valence electrons. The number of rotatable bonds is 44. The average molecular weight is 887 g/mol. The lowest BCUT2D eigenvalue weighted by Gasteiger charge is -2.20. The molecule has 0 bridgehead atoms. The van der Waals surface area contributed by atoms with Gasteiger partial charge in [0.25, 0.3) is 0 Å². The van der Waals surface area contributed by atoms with Crippen LogP contribution in [0.5, 0.6) is 0 Å². The number of phosphoric acid groups is 1. The molecule has 0 aliphatic rings. The molecule has 0 aromatic heterocycles. The van der Waals surface area contributed by atoms with Crippen LogP contribution < -0.4 is 0 Å². The SMILES string of the molecule is CC/C=C\C/C=C\C/C=C\C/C=C\C/C=C\C/C=C\C/C=C\CCCCOCC(COP(=O)(O)OCC(O)CO)OC(=O)CCCCCCCCC/C=C\C/C=C\CCCCC. The Kier molecular flexibility index (Phi) is 45.4. The zero-order chi connectivity index (χ0) is 45.3. The Morgan fingerprint density at radius 2 is 0.919 bits per heavy atom. The van der Waals surface area contributed by atoms with Crippen LogP contribution in [0.4, 0.5) is 0 Å². The first-order valence-corrected chi connectivity index (χ1v) is 25.4. The number of hydrogen-bond donors (Lipinski definition) is 3. The molecule has 0 aromatic rings. The van der Waals surface area contributed by atoms with Gasteiger partial charge in [-0.2, -0.15) is 0 Å². The molecule has 0 aliphatic heterocycles. The summed E-state index contributed by atoms with van der Waals surface area (Å²) in [4.78, 5) is 22.6. The lowest BCUT2D eigenvalue weighted by molar-refractivity contribution is -0.154. The fourth-order valence-electron chi connectivity index (χ4n) is 5.83. The van der Waals surface area contributed by atoms with Crippen LogP contribution in [0.25, 0.3) is 0 Å². The molecule has 0 aromatic carbocycles. The molecule has 0 spiro atoms. The molecule has 0 aliphatic carbocycles. The maximum Gasteiger partial charge on any atom is 0.472 e. The van der Waals surface area contributed by atoms with E-state index in [0.29, 0.717) is 13.0 Å². The van der Waals surface area contributed by atoms with Gasteiger partial charge in [-0.3, -0.25) is 13.8 Å². The Hall–Kier alpha value is -2.88. The van der Waals surface area contributed by atoms with Crippen molar-refractivity contribution in [3.05, 3.63) is 109 Å². The molecule has 0 saturated heterocycles. The maximum absolute atomic E-state index is 12.6. The van der Waals surface area contributed by atoms with Crippen molar-refractivity contribution in [2.75, 3.05) is 33.0 Å². The van der Waals surface area contributed by atoms with Crippen LogP contribution in [0.2, 0.25) is 0 Å². The van der Waals surface area contributed by atoms with E-state index in [2.05, 4.69) is 123 Å². The van der Waals surface area contributed by atoms with E-state index in [1.807, 2.05) is 0 Å². The first-order valence-electron chi connectivity index (χ1n) is 23.9. The van der Waals surface area contributed by atoms with Gasteiger partial charge in [0.1, 0.15) is 12.2 Å². The van der Waals surface area contributed by atoms with Crippen LogP contribution in [0.1, 0.15) is 168 Å². The van der Waals surface area contributed by atoms with Crippen molar-refractivity contribution < 1.29 is 43.0 Å². The van der Waals surface area contributed by atoms with E-state index in [0.717, 1.165) is 96.3 Å². The van der Waals surface area contributed by atoms with Gasteiger partial charge in [0.2, 0.25) is 0 Å².